The van der Waals surface area contributed by atoms with E-state index in [0.717, 1.165) is 37.5 Å². The van der Waals surface area contributed by atoms with Gasteiger partial charge in [-0.2, -0.15) is 0 Å². The van der Waals surface area contributed by atoms with E-state index in [-0.39, 0.29) is 23.9 Å². The number of rotatable bonds is 5. The first-order valence-electron chi connectivity index (χ1n) is 10.0. The summed E-state index contributed by atoms with van der Waals surface area (Å²) in [5.74, 6) is 0.850. The summed E-state index contributed by atoms with van der Waals surface area (Å²) in [7, 11) is 5.44. The number of anilines is 1. The normalized spacial score (nSPS) is 19.6. The molecular weight excluding hydrogens is 358 g/mol. The summed E-state index contributed by atoms with van der Waals surface area (Å²) in [6.07, 6.45) is 2.19. The van der Waals surface area contributed by atoms with Gasteiger partial charge in [0.2, 0.25) is 5.91 Å². The zero-order valence-electron chi connectivity index (χ0n) is 17.3. The Kier molecular flexibility index (Phi) is 6.44. The number of hydrogen-bond acceptors (Lipinski definition) is 5. The number of nitrogens with zero attached hydrogens (tertiary/aromatic N) is 3. The van der Waals surface area contributed by atoms with Crippen molar-refractivity contribution in [2.45, 2.75) is 38.3 Å². The molecule has 154 valence electrons. The predicted octanol–water partition coefficient (Wildman–Crippen LogP) is 2.00. The van der Waals surface area contributed by atoms with Gasteiger partial charge in [0.05, 0.1) is 18.2 Å². The second-order valence-corrected chi connectivity index (χ2v) is 7.69. The molecule has 0 spiro atoms. The summed E-state index contributed by atoms with van der Waals surface area (Å²) in [6, 6.07) is 5.67. The van der Waals surface area contributed by atoms with Gasteiger partial charge in [0.25, 0.3) is 5.91 Å². The van der Waals surface area contributed by atoms with Crippen molar-refractivity contribution in [1.29, 1.82) is 0 Å². The quantitative estimate of drug-likeness (QED) is 0.771. The van der Waals surface area contributed by atoms with E-state index in [1.807, 2.05) is 31.0 Å². The molecule has 1 aromatic rings. The molecule has 7 nitrogen and oxygen atoms in total. The average Bonchev–Trinajstić information content (AvgIpc) is 2.70. The number of likely N-dealkylation sites (N-methyl/N-ethyl adjacent to an activating group) is 1. The fourth-order valence-electron chi connectivity index (χ4n) is 3.95. The van der Waals surface area contributed by atoms with Gasteiger partial charge in [0.1, 0.15) is 12.4 Å². The summed E-state index contributed by atoms with van der Waals surface area (Å²) in [6.45, 7) is 4.64. The lowest BCUT2D eigenvalue weighted by Gasteiger charge is -2.38. The standard InChI is InChI=1S/C21H31N3O4/c1-5-24(16-8-10-27-11-9-16)20(25)13-17-14-28-19-7-6-15(21(26)22(2)3)12-18(19)23(17)4/h6-7,12,16-17H,5,8-11,13-14H2,1-4H3/t17-/m1/s1. The maximum atomic E-state index is 13.0. The molecule has 2 aliphatic rings. The zero-order valence-corrected chi connectivity index (χ0v) is 17.3. The Morgan fingerprint density at radius 3 is 2.57 bits per heavy atom. The molecule has 0 aromatic heterocycles. The minimum Gasteiger partial charge on any atom is -0.489 e. The van der Waals surface area contributed by atoms with Gasteiger partial charge in [0.15, 0.2) is 0 Å². The number of benzene rings is 1. The van der Waals surface area contributed by atoms with Gasteiger partial charge in [-0.15, -0.1) is 0 Å². The first kappa shape index (κ1) is 20.5. The molecule has 2 heterocycles. The maximum Gasteiger partial charge on any atom is 0.253 e. The van der Waals surface area contributed by atoms with Crippen LogP contribution in [-0.2, 0) is 9.53 Å². The Hall–Kier alpha value is -2.28. The third-order valence-electron chi connectivity index (χ3n) is 5.67. The molecule has 0 aliphatic carbocycles. The van der Waals surface area contributed by atoms with E-state index in [4.69, 9.17) is 9.47 Å². The molecule has 2 aliphatic heterocycles. The third-order valence-corrected chi connectivity index (χ3v) is 5.67. The van der Waals surface area contributed by atoms with Gasteiger partial charge < -0.3 is 24.2 Å². The Balaban J connectivity index is 1.72. The number of ether oxygens (including phenoxy) is 2. The van der Waals surface area contributed by atoms with Crippen LogP contribution in [0.1, 0.15) is 36.5 Å². The largest absolute Gasteiger partial charge is 0.489 e. The second-order valence-electron chi connectivity index (χ2n) is 7.69. The van der Waals surface area contributed by atoms with Gasteiger partial charge in [-0.3, -0.25) is 9.59 Å². The van der Waals surface area contributed by atoms with Crippen molar-refractivity contribution in [2.75, 3.05) is 52.4 Å². The van der Waals surface area contributed by atoms with E-state index < -0.39 is 0 Å². The highest BCUT2D eigenvalue weighted by atomic mass is 16.5. The summed E-state index contributed by atoms with van der Waals surface area (Å²) < 4.78 is 11.3. The highest BCUT2D eigenvalue weighted by molar-refractivity contribution is 5.95. The molecule has 28 heavy (non-hydrogen) atoms. The molecular formula is C21H31N3O4. The van der Waals surface area contributed by atoms with E-state index in [9.17, 15) is 9.59 Å². The molecule has 3 rings (SSSR count). The van der Waals surface area contributed by atoms with E-state index in [2.05, 4.69) is 4.90 Å². The maximum absolute atomic E-state index is 13.0. The van der Waals surface area contributed by atoms with Crippen molar-refractivity contribution in [2.24, 2.45) is 0 Å². The lowest BCUT2D eigenvalue weighted by Crippen LogP contribution is -2.48. The minimum atomic E-state index is -0.0569. The van der Waals surface area contributed by atoms with Crippen molar-refractivity contribution >= 4 is 17.5 Å². The van der Waals surface area contributed by atoms with Crippen molar-refractivity contribution < 1.29 is 19.1 Å². The Morgan fingerprint density at radius 2 is 1.93 bits per heavy atom. The number of carbonyl (C=O) groups is 2. The van der Waals surface area contributed by atoms with E-state index in [1.54, 1.807) is 25.1 Å². The van der Waals surface area contributed by atoms with Gasteiger partial charge in [-0.25, -0.2) is 0 Å². The Bertz CT molecular complexity index is 716. The van der Waals surface area contributed by atoms with Crippen LogP contribution in [0.15, 0.2) is 18.2 Å². The van der Waals surface area contributed by atoms with Crippen LogP contribution in [0.5, 0.6) is 5.75 Å². The Labute approximate surface area is 167 Å². The molecule has 0 saturated carbocycles. The number of amides is 2. The Morgan fingerprint density at radius 1 is 1.21 bits per heavy atom. The molecule has 0 unspecified atom stereocenters. The van der Waals surface area contributed by atoms with Crippen LogP contribution in [0, 0.1) is 0 Å². The van der Waals surface area contributed by atoms with Crippen LogP contribution >= 0.6 is 0 Å². The van der Waals surface area contributed by atoms with Crippen molar-refractivity contribution in [3.05, 3.63) is 23.8 Å². The molecule has 1 fully saturated rings. The summed E-state index contributed by atoms with van der Waals surface area (Å²) >= 11 is 0. The van der Waals surface area contributed by atoms with E-state index in [0.29, 0.717) is 25.1 Å². The number of carbonyl (C=O) groups excluding carboxylic acids is 2. The first-order valence-corrected chi connectivity index (χ1v) is 10.0. The summed E-state index contributed by atoms with van der Waals surface area (Å²) in [4.78, 5) is 30.9. The van der Waals surface area contributed by atoms with Crippen LogP contribution in [-0.4, -0.2) is 81.2 Å². The smallest absolute Gasteiger partial charge is 0.253 e. The molecule has 0 bridgehead atoms. The minimum absolute atomic E-state index is 0.0499. The van der Waals surface area contributed by atoms with Crippen molar-refractivity contribution in [3.8, 4) is 5.75 Å². The zero-order chi connectivity index (χ0) is 20.3. The second kappa shape index (κ2) is 8.82. The fourth-order valence-corrected chi connectivity index (χ4v) is 3.95. The highest BCUT2D eigenvalue weighted by Gasteiger charge is 2.31. The van der Waals surface area contributed by atoms with Crippen molar-refractivity contribution in [3.63, 3.8) is 0 Å². The first-order chi connectivity index (χ1) is 13.4. The lowest BCUT2D eigenvalue weighted by atomic mass is 10.0. The van der Waals surface area contributed by atoms with Crippen molar-refractivity contribution in [1.82, 2.24) is 9.80 Å². The van der Waals surface area contributed by atoms with Gasteiger partial charge in [-0.1, -0.05) is 0 Å². The third kappa shape index (κ3) is 4.24. The monoisotopic (exact) mass is 389 g/mol. The average molecular weight is 389 g/mol. The van der Waals surface area contributed by atoms with Gasteiger partial charge in [0, 0.05) is 52.5 Å². The van der Waals surface area contributed by atoms with Crippen LogP contribution in [0.2, 0.25) is 0 Å². The molecule has 7 heteroatoms. The molecule has 0 radical (unpaired) electrons. The molecule has 1 aromatic carbocycles. The van der Waals surface area contributed by atoms with Gasteiger partial charge in [-0.05, 0) is 38.0 Å². The number of fused-ring (bicyclic) bond motifs is 1. The van der Waals surface area contributed by atoms with Gasteiger partial charge >= 0.3 is 0 Å². The SMILES string of the molecule is CCN(C(=O)C[C@@H]1COc2ccc(C(=O)N(C)C)cc2N1C)C1CCOCC1. The summed E-state index contributed by atoms with van der Waals surface area (Å²) in [5.41, 5.74) is 1.47. The van der Waals surface area contributed by atoms with Crippen LogP contribution in [0.4, 0.5) is 5.69 Å². The summed E-state index contributed by atoms with van der Waals surface area (Å²) in [5, 5.41) is 0. The van der Waals surface area contributed by atoms with E-state index in [1.165, 1.54) is 0 Å². The predicted molar refractivity (Wildman–Crippen MR) is 108 cm³/mol. The van der Waals surface area contributed by atoms with Crippen LogP contribution in [0.3, 0.4) is 0 Å². The molecule has 2 amide bonds. The van der Waals surface area contributed by atoms with Crippen LogP contribution < -0.4 is 9.64 Å². The number of hydrogen-bond donors (Lipinski definition) is 0. The molecule has 1 saturated heterocycles. The fraction of sp³-hybridized carbons (Fsp3) is 0.619. The molecule has 0 N–H and O–H groups in total. The van der Waals surface area contributed by atoms with Crippen LogP contribution in [0.25, 0.3) is 0 Å². The van der Waals surface area contributed by atoms with E-state index >= 15 is 0 Å². The molecule has 1 atom stereocenters. The highest BCUT2D eigenvalue weighted by Crippen LogP contribution is 2.35. The topological polar surface area (TPSA) is 62.3 Å². The lowest BCUT2D eigenvalue weighted by molar-refractivity contribution is -0.135.